The van der Waals surface area contributed by atoms with Crippen LogP contribution in [0.2, 0.25) is 0 Å². The molecular weight excluding hydrogens is 320 g/mol. The second-order valence-corrected chi connectivity index (χ2v) is 5.44. The summed E-state index contributed by atoms with van der Waals surface area (Å²) in [6.45, 7) is 5.71. The van der Waals surface area contributed by atoms with Crippen LogP contribution in [0, 0.1) is 12.8 Å². The van der Waals surface area contributed by atoms with Gasteiger partial charge in [0.25, 0.3) is 0 Å². The Hall–Kier alpha value is -2.76. The predicted octanol–water partition coefficient (Wildman–Crippen LogP) is 2.74. The second-order valence-electron chi connectivity index (χ2n) is 5.44. The van der Waals surface area contributed by atoms with E-state index in [0.29, 0.717) is 11.4 Å². The molecule has 25 heavy (non-hydrogen) atoms. The summed E-state index contributed by atoms with van der Waals surface area (Å²) in [4.78, 5) is 33.2. The number of pyridine rings is 2. The average molecular weight is 342 g/mol. The molecule has 0 aliphatic rings. The van der Waals surface area contributed by atoms with E-state index < -0.39 is 17.9 Å². The van der Waals surface area contributed by atoms with E-state index in [1.807, 2.05) is 37.3 Å². The van der Waals surface area contributed by atoms with Crippen molar-refractivity contribution in [2.75, 3.05) is 13.2 Å². The number of nitrogens with zero attached hydrogens (tertiary/aromatic N) is 2. The summed E-state index contributed by atoms with van der Waals surface area (Å²) in [7, 11) is 0. The number of aromatic nitrogens is 2. The minimum atomic E-state index is -1.02. The van der Waals surface area contributed by atoms with E-state index in [9.17, 15) is 9.59 Å². The van der Waals surface area contributed by atoms with Crippen LogP contribution in [-0.4, -0.2) is 35.1 Å². The van der Waals surface area contributed by atoms with E-state index in [0.717, 1.165) is 11.4 Å². The van der Waals surface area contributed by atoms with Crippen molar-refractivity contribution in [3.8, 4) is 11.4 Å². The van der Waals surface area contributed by atoms with Crippen molar-refractivity contribution in [1.29, 1.82) is 0 Å². The van der Waals surface area contributed by atoms with Crippen molar-refractivity contribution in [2.24, 2.45) is 5.92 Å². The van der Waals surface area contributed by atoms with E-state index >= 15 is 0 Å². The van der Waals surface area contributed by atoms with Crippen LogP contribution >= 0.6 is 0 Å². The van der Waals surface area contributed by atoms with Gasteiger partial charge in [-0.05, 0) is 45.0 Å². The molecule has 0 aliphatic carbocycles. The third-order valence-electron chi connectivity index (χ3n) is 3.51. The molecule has 6 heteroatoms. The maximum Gasteiger partial charge on any atom is 0.320 e. The Kier molecular flexibility index (Phi) is 6.62. The van der Waals surface area contributed by atoms with Crippen molar-refractivity contribution in [1.82, 2.24) is 9.97 Å². The summed E-state index contributed by atoms with van der Waals surface area (Å²) in [5.74, 6) is -2.21. The van der Waals surface area contributed by atoms with Crippen molar-refractivity contribution < 1.29 is 19.1 Å². The number of esters is 2. The molecule has 6 nitrogen and oxygen atoms in total. The van der Waals surface area contributed by atoms with E-state index in [1.165, 1.54) is 0 Å². The first-order chi connectivity index (χ1) is 12.0. The molecule has 0 amide bonds. The van der Waals surface area contributed by atoms with E-state index in [2.05, 4.69) is 9.97 Å². The number of hydrogen-bond donors (Lipinski definition) is 0. The molecule has 2 heterocycles. The number of aryl methyl sites for hydroxylation is 1. The van der Waals surface area contributed by atoms with Crippen molar-refractivity contribution >= 4 is 11.9 Å². The van der Waals surface area contributed by atoms with Gasteiger partial charge in [-0.3, -0.25) is 19.6 Å². The highest BCUT2D eigenvalue weighted by Gasteiger charge is 2.30. The maximum absolute atomic E-state index is 12.1. The Morgan fingerprint density at radius 3 is 2.04 bits per heavy atom. The molecule has 2 aromatic heterocycles. The molecule has 0 saturated carbocycles. The van der Waals surface area contributed by atoms with Gasteiger partial charge >= 0.3 is 11.9 Å². The third kappa shape index (κ3) is 5.11. The summed E-state index contributed by atoms with van der Waals surface area (Å²) < 4.78 is 9.99. The minimum absolute atomic E-state index is 0.122. The van der Waals surface area contributed by atoms with Gasteiger partial charge in [-0.1, -0.05) is 12.1 Å². The van der Waals surface area contributed by atoms with E-state index in [1.54, 1.807) is 19.9 Å². The topological polar surface area (TPSA) is 78.4 Å². The van der Waals surface area contributed by atoms with Gasteiger partial charge in [0, 0.05) is 17.8 Å². The lowest BCUT2D eigenvalue weighted by atomic mass is 10.0. The van der Waals surface area contributed by atoms with Gasteiger partial charge < -0.3 is 9.47 Å². The zero-order valence-corrected chi connectivity index (χ0v) is 14.7. The van der Waals surface area contributed by atoms with Crippen LogP contribution in [-0.2, 0) is 25.5 Å². The molecule has 0 fully saturated rings. The molecule has 0 aromatic carbocycles. The van der Waals surface area contributed by atoms with E-state index in [4.69, 9.17) is 9.47 Å². The number of hydrogen-bond acceptors (Lipinski definition) is 6. The SMILES string of the molecule is CCOC(=O)C(Cc1cccc(-c2cccc(C)n2)n1)C(=O)OCC. The van der Waals surface area contributed by atoms with Crippen LogP contribution in [0.3, 0.4) is 0 Å². The molecule has 0 saturated heterocycles. The van der Waals surface area contributed by atoms with Gasteiger partial charge in [-0.2, -0.15) is 0 Å². The summed E-state index contributed by atoms with van der Waals surface area (Å²) in [5.41, 5.74) is 2.92. The van der Waals surface area contributed by atoms with Crippen molar-refractivity contribution in [2.45, 2.75) is 27.2 Å². The molecule has 0 atom stereocenters. The quantitative estimate of drug-likeness (QED) is 0.569. The Morgan fingerprint density at radius 2 is 1.48 bits per heavy atom. The summed E-state index contributed by atoms with van der Waals surface area (Å²) in [5, 5.41) is 0. The van der Waals surface area contributed by atoms with Gasteiger partial charge in [-0.25, -0.2) is 0 Å². The zero-order valence-electron chi connectivity index (χ0n) is 14.7. The van der Waals surface area contributed by atoms with Gasteiger partial charge in [0.1, 0.15) is 0 Å². The molecule has 0 N–H and O–H groups in total. The standard InChI is InChI=1S/C19H22N2O4/c1-4-24-18(22)15(19(23)25-5-2)12-14-9-7-11-17(21-14)16-10-6-8-13(3)20-16/h6-11,15H,4-5,12H2,1-3H3. The lowest BCUT2D eigenvalue weighted by Gasteiger charge is -2.14. The third-order valence-corrected chi connectivity index (χ3v) is 3.51. The number of carbonyl (C=O) groups is 2. The molecule has 2 rings (SSSR count). The van der Waals surface area contributed by atoms with Crippen LogP contribution in [0.1, 0.15) is 25.2 Å². The maximum atomic E-state index is 12.1. The first-order valence-corrected chi connectivity index (χ1v) is 8.28. The highest BCUT2D eigenvalue weighted by Crippen LogP contribution is 2.18. The minimum Gasteiger partial charge on any atom is -0.465 e. The normalized spacial score (nSPS) is 10.6. The average Bonchev–Trinajstić information content (AvgIpc) is 2.60. The molecule has 2 aromatic rings. The number of ether oxygens (including phenoxy) is 2. The van der Waals surface area contributed by atoms with Crippen molar-refractivity contribution in [3.63, 3.8) is 0 Å². The summed E-state index contributed by atoms with van der Waals surface area (Å²) >= 11 is 0. The van der Waals surface area contributed by atoms with Gasteiger partial charge in [0.05, 0.1) is 24.6 Å². The molecule has 0 bridgehead atoms. The Morgan fingerprint density at radius 1 is 0.920 bits per heavy atom. The van der Waals surface area contributed by atoms with Crippen molar-refractivity contribution in [3.05, 3.63) is 47.8 Å². The second kappa shape index (κ2) is 8.92. The highest BCUT2D eigenvalue weighted by molar-refractivity contribution is 5.95. The van der Waals surface area contributed by atoms with Crippen LogP contribution < -0.4 is 0 Å². The number of carbonyl (C=O) groups excluding carboxylic acids is 2. The Labute approximate surface area is 147 Å². The molecule has 132 valence electrons. The van der Waals surface area contributed by atoms with Gasteiger partial charge in [-0.15, -0.1) is 0 Å². The van der Waals surface area contributed by atoms with Gasteiger partial charge in [0.2, 0.25) is 0 Å². The molecule has 0 unspecified atom stereocenters. The van der Waals surface area contributed by atoms with Crippen LogP contribution in [0.15, 0.2) is 36.4 Å². The fourth-order valence-electron chi connectivity index (χ4n) is 2.38. The van der Waals surface area contributed by atoms with E-state index in [-0.39, 0.29) is 19.6 Å². The fourth-order valence-corrected chi connectivity index (χ4v) is 2.38. The molecule has 0 radical (unpaired) electrons. The lowest BCUT2D eigenvalue weighted by Crippen LogP contribution is -2.30. The lowest BCUT2D eigenvalue weighted by molar-refractivity contribution is -0.161. The summed E-state index contributed by atoms with van der Waals surface area (Å²) in [6, 6.07) is 11.1. The largest absolute Gasteiger partial charge is 0.465 e. The van der Waals surface area contributed by atoms with Crippen LogP contribution in [0.25, 0.3) is 11.4 Å². The van der Waals surface area contributed by atoms with Crippen LogP contribution in [0.5, 0.6) is 0 Å². The molecule has 0 aliphatic heterocycles. The Bertz CT molecular complexity index is 728. The monoisotopic (exact) mass is 342 g/mol. The first kappa shape index (κ1) is 18.6. The first-order valence-electron chi connectivity index (χ1n) is 8.28. The smallest absolute Gasteiger partial charge is 0.320 e. The number of rotatable bonds is 7. The van der Waals surface area contributed by atoms with Gasteiger partial charge in [0.15, 0.2) is 5.92 Å². The fraction of sp³-hybridized carbons (Fsp3) is 0.368. The van der Waals surface area contributed by atoms with Crippen LogP contribution in [0.4, 0.5) is 0 Å². The summed E-state index contributed by atoms with van der Waals surface area (Å²) in [6.07, 6.45) is 0.122. The molecular formula is C19H22N2O4. The Balaban J connectivity index is 2.25. The zero-order chi connectivity index (χ0) is 18.2. The highest BCUT2D eigenvalue weighted by atomic mass is 16.6. The predicted molar refractivity (Wildman–Crippen MR) is 92.7 cm³/mol. The molecule has 0 spiro atoms.